The third-order valence-corrected chi connectivity index (χ3v) is 3.53. The van der Waals surface area contributed by atoms with Crippen molar-refractivity contribution in [3.63, 3.8) is 0 Å². The molecule has 0 amide bonds. The van der Waals surface area contributed by atoms with Gasteiger partial charge in [0.2, 0.25) is 0 Å². The van der Waals surface area contributed by atoms with E-state index in [4.69, 9.17) is 9.47 Å². The normalized spacial score (nSPS) is 15.8. The van der Waals surface area contributed by atoms with Crippen molar-refractivity contribution < 1.29 is 9.47 Å². The molecule has 1 N–H and O–H groups in total. The Balaban J connectivity index is 2.63. The molecule has 1 aromatic rings. The number of likely N-dealkylation sites (N-methyl/N-ethyl adjacent to an activating group) is 1. The summed E-state index contributed by atoms with van der Waals surface area (Å²) in [7, 11) is 1.98. The van der Waals surface area contributed by atoms with Crippen LogP contribution in [-0.4, -0.2) is 32.5 Å². The zero-order valence-corrected chi connectivity index (χ0v) is 13.5. The smallest absolute Gasteiger partial charge is 0.0785 e. The second-order valence-corrected chi connectivity index (χ2v) is 5.17. The summed E-state index contributed by atoms with van der Waals surface area (Å²) in [5.41, 5.74) is 2.63. The molecule has 3 nitrogen and oxygen atoms in total. The number of aryl methyl sites for hydroxylation is 1. The molecule has 0 spiro atoms. The molecule has 0 aliphatic carbocycles. The largest absolute Gasteiger partial charge is 0.379 e. The van der Waals surface area contributed by atoms with E-state index < -0.39 is 0 Å². The summed E-state index contributed by atoms with van der Waals surface area (Å²) in [5, 5.41) is 3.35. The van der Waals surface area contributed by atoms with Gasteiger partial charge in [0.1, 0.15) is 0 Å². The third-order valence-electron chi connectivity index (χ3n) is 3.53. The summed E-state index contributed by atoms with van der Waals surface area (Å²) in [6.45, 7) is 9.71. The van der Waals surface area contributed by atoms with Crippen molar-refractivity contribution in [2.45, 2.75) is 52.4 Å². The van der Waals surface area contributed by atoms with Crippen molar-refractivity contribution in [3.8, 4) is 0 Å². The number of hydrogen-bond donors (Lipinski definition) is 1. The summed E-state index contributed by atoms with van der Waals surface area (Å²) in [5.74, 6) is 0. The summed E-state index contributed by atoms with van der Waals surface area (Å²) >= 11 is 0. The number of rotatable bonds is 9. The number of hydrogen-bond acceptors (Lipinski definition) is 3. The highest BCUT2D eigenvalue weighted by atomic mass is 16.5. The maximum Gasteiger partial charge on any atom is 0.0785 e. The molecule has 1 rings (SSSR count). The second kappa shape index (κ2) is 9.11. The van der Waals surface area contributed by atoms with Crippen LogP contribution in [0.2, 0.25) is 0 Å². The summed E-state index contributed by atoms with van der Waals surface area (Å²) in [6, 6.07) is 8.96. The van der Waals surface area contributed by atoms with Gasteiger partial charge in [-0.3, -0.25) is 0 Å². The molecule has 114 valence electrons. The van der Waals surface area contributed by atoms with E-state index >= 15 is 0 Å². The van der Waals surface area contributed by atoms with E-state index in [1.54, 1.807) is 0 Å². The lowest BCUT2D eigenvalue weighted by molar-refractivity contribution is -0.0518. The predicted octanol–water partition coefficient (Wildman–Crippen LogP) is 3.34. The van der Waals surface area contributed by atoms with Crippen molar-refractivity contribution in [2.24, 2.45) is 0 Å². The van der Waals surface area contributed by atoms with Gasteiger partial charge in [-0.25, -0.2) is 0 Å². The molecule has 0 saturated carbocycles. The Kier molecular flexibility index (Phi) is 7.82. The van der Waals surface area contributed by atoms with Gasteiger partial charge < -0.3 is 14.8 Å². The molecular formula is C17H29NO2. The minimum Gasteiger partial charge on any atom is -0.379 e. The van der Waals surface area contributed by atoms with Crippen LogP contribution in [0.5, 0.6) is 0 Å². The van der Waals surface area contributed by atoms with Crippen LogP contribution in [0.1, 0.15) is 44.9 Å². The van der Waals surface area contributed by atoms with Gasteiger partial charge in [0, 0.05) is 6.61 Å². The Bertz CT molecular complexity index is 364. The van der Waals surface area contributed by atoms with E-state index in [1.165, 1.54) is 11.1 Å². The van der Waals surface area contributed by atoms with Gasteiger partial charge in [-0.15, -0.1) is 0 Å². The third kappa shape index (κ3) is 5.23. The Morgan fingerprint density at radius 2 is 1.75 bits per heavy atom. The molecule has 1 aromatic carbocycles. The fourth-order valence-electron chi connectivity index (χ4n) is 2.40. The van der Waals surface area contributed by atoms with Gasteiger partial charge in [-0.05, 0) is 45.4 Å². The second-order valence-electron chi connectivity index (χ2n) is 5.17. The highest BCUT2D eigenvalue weighted by Crippen LogP contribution is 2.20. The van der Waals surface area contributed by atoms with Crippen LogP contribution in [0.25, 0.3) is 0 Å². The lowest BCUT2D eigenvalue weighted by Crippen LogP contribution is -2.33. The monoisotopic (exact) mass is 279 g/mol. The maximum atomic E-state index is 6.03. The summed E-state index contributed by atoms with van der Waals surface area (Å²) < 4.78 is 11.4. The molecule has 0 saturated heterocycles. The average molecular weight is 279 g/mol. The number of ether oxygens (including phenoxy) is 2. The Morgan fingerprint density at radius 3 is 2.25 bits per heavy atom. The topological polar surface area (TPSA) is 30.5 Å². The Morgan fingerprint density at radius 1 is 1.10 bits per heavy atom. The van der Waals surface area contributed by atoms with Gasteiger partial charge in [0.15, 0.2) is 0 Å². The van der Waals surface area contributed by atoms with Crippen LogP contribution < -0.4 is 5.32 Å². The Labute approximate surface area is 123 Å². The molecular weight excluding hydrogens is 250 g/mol. The first-order valence-corrected chi connectivity index (χ1v) is 7.61. The predicted molar refractivity (Wildman–Crippen MR) is 84.1 cm³/mol. The first-order chi connectivity index (χ1) is 9.62. The molecule has 0 fully saturated rings. The van der Waals surface area contributed by atoms with Crippen molar-refractivity contribution >= 4 is 0 Å². The fourth-order valence-corrected chi connectivity index (χ4v) is 2.40. The van der Waals surface area contributed by atoms with E-state index in [0.717, 1.165) is 13.0 Å². The molecule has 20 heavy (non-hydrogen) atoms. The minimum atomic E-state index is 0.0999. The molecule has 0 aliphatic heterocycles. The van der Waals surface area contributed by atoms with E-state index in [0.29, 0.717) is 6.61 Å². The van der Waals surface area contributed by atoms with Crippen LogP contribution in [0.15, 0.2) is 24.3 Å². The lowest BCUT2D eigenvalue weighted by Gasteiger charge is -2.27. The molecule has 3 atom stereocenters. The molecule has 0 bridgehead atoms. The summed E-state index contributed by atoms with van der Waals surface area (Å²) in [6.07, 6.45) is 1.28. The first-order valence-electron chi connectivity index (χ1n) is 7.61. The molecule has 0 heterocycles. The number of benzene rings is 1. The van der Waals surface area contributed by atoms with Gasteiger partial charge in [-0.2, -0.15) is 0 Å². The van der Waals surface area contributed by atoms with Crippen molar-refractivity contribution in [2.75, 3.05) is 20.3 Å². The van der Waals surface area contributed by atoms with Crippen molar-refractivity contribution in [3.05, 3.63) is 35.4 Å². The quantitative estimate of drug-likeness (QED) is 0.752. The SMILES string of the molecule is CCOCC(C)OC(C)C(NC)c1ccc(CC)cc1. The minimum absolute atomic E-state index is 0.0999. The standard InChI is InChI=1S/C17H29NO2/c1-6-15-8-10-16(11-9-15)17(18-5)14(4)20-13(3)12-19-7-2/h8-11,13-14,17-18H,6-7,12H2,1-5H3. The van der Waals surface area contributed by atoms with Crippen LogP contribution in [-0.2, 0) is 15.9 Å². The maximum absolute atomic E-state index is 6.03. The molecule has 3 unspecified atom stereocenters. The van der Waals surface area contributed by atoms with Crippen LogP contribution in [0.4, 0.5) is 0 Å². The highest BCUT2D eigenvalue weighted by Gasteiger charge is 2.20. The van der Waals surface area contributed by atoms with E-state index in [-0.39, 0.29) is 18.2 Å². The molecule has 0 radical (unpaired) electrons. The van der Waals surface area contributed by atoms with Gasteiger partial charge >= 0.3 is 0 Å². The zero-order valence-electron chi connectivity index (χ0n) is 13.5. The van der Waals surface area contributed by atoms with Gasteiger partial charge in [0.05, 0.1) is 24.9 Å². The van der Waals surface area contributed by atoms with Crippen LogP contribution in [0, 0.1) is 0 Å². The van der Waals surface area contributed by atoms with Crippen molar-refractivity contribution in [1.29, 1.82) is 0 Å². The molecule has 0 aliphatic rings. The van der Waals surface area contributed by atoms with E-state index in [9.17, 15) is 0 Å². The lowest BCUT2D eigenvalue weighted by atomic mass is 10.00. The van der Waals surface area contributed by atoms with Crippen molar-refractivity contribution in [1.82, 2.24) is 5.32 Å². The number of nitrogens with one attached hydrogen (secondary N) is 1. The van der Waals surface area contributed by atoms with Gasteiger partial charge in [-0.1, -0.05) is 31.2 Å². The van der Waals surface area contributed by atoms with E-state index in [2.05, 4.69) is 50.4 Å². The van der Waals surface area contributed by atoms with E-state index in [1.807, 2.05) is 14.0 Å². The molecule has 3 heteroatoms. The average Bonchev–Trinajstić information content (AvgIpc) is 2.46. The fraction of sp³-hybridized carbons (Fsp3) is 0.647. The summed E-state index contributed by atoms with van der Waals surface area (Å²) in [4.78, 5) is 0. The van der Waals surface area contributed by atoms with Gasteiger partial charge in [0.25, 0.3) is 0 Å². The Hall–Kier alpha value is -0.900. The molecule has 0 aromatic heterocycles. The highest BCUT2D eigenvalue weighted by molar-refractivity contribution is 5.25. The van der Waals surface area contributed by atoms with Crippen LogP contribution in [0.3, 0.4) is 0 Å². The zero-order chi connectivity index (χ0) is 15.0. The first kappa shape index (κ1) is 17.2. The van der Waals surface area contributed by atoms with Crippen LogP contribution >= 0.6 is 0 Å².